The average molecular weight is 240 g/mol. The first-order valence-corrected chi connectivity index (χ1v) is 6.91. The standard InChI is InChI=1S/C13H24N2O2/c1-2-5-10(14)13(16)15-8-9-17-12-7-4-3-6-11(12)15/h10-12H,2-9,14H2,1H3/t10-,11?,12?/m0/s1. The molecule has 0 spiro atoms. The summed E-state index contributed by atoms with van der Waals surface area (Å²) in [6.07, 6.45) is 6.61. The van der Waals surface area contributed by atoms with Crippen LogP contribution < -0.4 is 5.73 Å². The lowest BCUT2D eigenvalue weighted by Gasteiger charge is -2.44. The van der Waals surface area contributed by atoms with Gasteiger partial charge in [0.05, 0.1) is 24.8 Å². The van der Waals surface area contributed by atoms with Crippen LogP contribution in [0.2, 0.25) is 0 Å². The van der Waals surface area contributed by atoms with Crippen molar-refractivity contribution in [2.45, 2.75) is 63.6 Å². The van der Waals surface area contributed by atoms with E-state index in [4.69, 9.17) is 10.5 Å². The molecule has 0 bridgehead atoms. The summed E-state index contributed by atoms with van der Waals surface area (Å²) in [4.78, 5) is 14.3. The van der Waals surface area contributed by atoms with Crippen LogP contribution in [0.5, 0.6) is 0 Å². The number of hydrogen-bond acceptors (Lipinski definition) is 3. The highest BCUT2D eigenvalue weighted by molar-refractivity contribution is 5.82. The Labute approximate surface area is 103 Å². The van der Waals surface area contributed by atoms with E-state index >= 15 is 0 Å². The van der Waals surface area contributed by atoms with E-state index < -0.39 is 0 Å². The van der Waals surface area contributed by atoms with Crippen molar-refractivity contribution in [3.63, 3.8) is 0 Å². The molecule has 1 aliphatic carbocycles. The number of nitrogens with zero attached hydrogens (tertiary/aromatic N) is 1. The second-order valence-corrected chi connectivity index (χ2v) is 5.19. The van der Waals surface area contributed by atoms with Gasteiger partial charge in [-0.1, -0.05) is 26.2 Å². The summed E-state index contributed by atoms with van der Waals surface area (Å²) in [5, 5.41) is 0. The van der Waals surface area contributed by atoms with Gasteiger partial charge in [-0.15, -0.1) is 0 Å². The van der Waals surface area contributed by atoms with Crippen LogP contribution in [-0.2, 0) is 9.53 Å². The van der Waals surface area contributed by atoms with Gasteiger partial charge in [0, 0.05) is 6.54 Å². The number of rotatable bonds is 3. The van der Waals surface area contributed by atoms with Gasteiger partial charge in [-0.3, -0.25) is 4.79 Å². The van der Waals surface area contributed by atoms with Crippen molar-refractivity contribution >= 4 is 5.91 Å². The van der Waals surface area contributed by atoms with Crippen molar-refractivity contribution in [2.24, 2.45) is 5.73 Å². The fourth-order valence-electron chi connectivity index (χ4n) is 3.02. The number of hydrogen-bond donors (Lipinski definition) is 1. The van der Waals surface area contributed by atoms with Crippen LogP contribution in [0.25, 0.3) is 0 Å². The smallest absolute Gasteiger partial charge is 0.239 e. The second kappa shape index (κ2) is 5.83. The highest BCUT2D eigenvalue weighted by Crippen LogP contribution is 2.28. The predicted octanol–water partition coefficient (Wildman–Crippen LogP) is 1.28. The highest BCUT2D eigenvalue weighted by Gasteiger charge is 2.37. The zero-order valence-electron chi connectivity index (χ0n) is 10.7. The van der Waals surface area contributed by atoms with Gasteiger partial charge in [-0.25, -0.2) is 0 Å². The van der Waals surface area contributed by atoms with Crippen LogP contribution in [0.15, 0.2) is 0 Å². The van der Waals surface area contributed by atoms with Crippen LogP contribution in [0.1, 0.15) is 45.4 Å². The number of fused-ring (bicyclic) bond motifs is 1. The molecule has 2 aliphatic rings. The zero-order chi connectivity index (χ0) is 12.3. The molecule has 0 aromatic heterocycles. The van der Waals surface area contributed by atoms with Gasteiger partial charge in [0.1, 0.15) is 0 Å². The van der Waals surface area contributed by atoms with Gasteiger partial charge in [-0.2, -0.15) is 0 Å². The lowest BCUT2D eigenvalue weighted by molar-refractivity contribution is -0.151. The van der Waals surface area contributed by atoms with Crippen molar-refractivity contribution in [1.29, 1.82) is 0 Å². The molecule has 4 nitrogen and oxygen atoms in total. The van der Waals surface area contributed by atoms with Crippen molar-refractivity contribution in [3.8, 4) is 0 Å². The van der Waals surface area contributed by atoms with Crippen LogP contribution in [0.4, 0.5) is 0 Å². The Bertz CT molecular complexity index is 268. The SMILES string of the molecule is CCC[C@H](N)C(=O)N1CCOC2CCCCC21. The largest absolute Gasteiger partial charge is 0.374 e. The lowest BCUT2D eigenvalue weighted by Crippen LogP contribution is -2.58. The van der Waals surface area contributed by atoms with Crippen molar-refractivity contribution in [1.82, 2.24) is 4.90 Å². The molecule has 2 fully saturated rings. The zero-order valence-corrected chi connectivity index (χ0v) is 10.7. The Balaban J connectivity index is 2.00. The summed E-state index contributed by atoms with van der Waals surface area (Å²) in [5.74, 6) is 0.132. The fourth-order valence-corrected chi connectivity index (χ4v) is 3.02. The number of amides is 1. The topological polar surface area (TPSA) is 55.6 Å². The van der Waals surface area contributed by atoms with Gasteiger partial charge in [0.2, 0.25) is 5.91 Å². The van der Waals surface area contributed by atoms with Crippen molar-refractivity contribution in [3.05, 3.63) is 0 Å². The van der Waals surface area contributed by atoms with E-state index in [9.17, 15) is 4.79 Å². The van der Waals surface area contributed by atoms with E-state index in [1.807, 2.05) is 4.90 Å². The molecule has 3 atom stereocenters. The summed E-state index contributed by atoms with van der Waals surface area (Å²) in [5.41, 5.74) is 5.95. The van der Waals surface area contributed by atoms with Gasteiger partial charge < -0.3 is 15.4 Å². The first-order chi connectivity index (χ1) is 8.24. The van der Waals surface area contributed by atoms with E-state index in [1.54, 1.807) is 0 Å². The van der Waals surface area contributed by atoms with E-state index in [0.29, 0.717) is 6.61 Å². The lowest BCUT2D eigenvalue weighted by atomic mass is 9.89. The Morgan fingerprint density at radius 3 is 3.00 bits per heavy atom. The first kappa shape index (κ1) is 12.8. The Morgan fingerprint density at radius 2 is 2.24 bits per heavy atom. The third-order valence-electron chi connectivity index (χ3n) is 3.93. The third-order valence-corrected chi connectivity index (χ3v) is 3.93. The quantitative estimate of drug-likeness (QED) is 0.808. The third kappa shape index (κ3) is 2.80. The molecule has 1 saturated carbocycles. The summed E-state index contributed by atoms with van der Waals surface area (Å²) in [6.45, 7) is 3.46. The van der Waals surface area contributed by atoms with Crippen LogP contribution >= 0.6 is 0 Å². The van der Waals surface area contributed by atoms with Crippen LogP contribution in [-0.4, -0.2) is 42.1 Å². The number of nitrogens with two attached hydrogens (primary N) is 1. The summed E-state index contributed by atoms with van der Waals surface area (Å²) in [7, 11) is 0. The Hall–Kier alpha value is -0.610. The molecule has 17 heavy (non-hydrogen) atoms. The van der Waals surface area contributed by atoms with Crippen LogP contribution in [0.3, 0.4) is 0 Å². The molecule has 0 aromatic carbocycles. The van der Waals surface area contributed by atoms with Gasteiger partial charge in [-0.05, 0) is 19.3 Å². The predicted molar refractivity (Wildman–Crippen MR) is 66.6 cm³/mol. The number of ether oxygens (including phenoxy) is 1. The molecule has 2 N–H and O–H groups in total. The molecule has 2 rings (SSSR count). The number of morpholine rings is 1. The number of carbonyl (C=O) groups excluding carboxylic acids is 1. The molecule has 1 saturated heterocycles. The second-order valence-electron chi connectivity index (χ2n) is 5.19. The van der Waals surface area contributed by atoms with Crippen LogP contribution in [0, 0.1) is 0 Å². The molecular formula is C13H24N2O2. The maximum atomic E-state index is 12.3. The van der Waals surface area contributed by atoms with Crippen molar-refractivity contribution < 1.29 is 9.53 Å². The van der Waals surface area contributed by atoms with Crippen molar-refractivity contribution in [2.75, 3.05) is 13.2 Å². The Morgan fingerprint density at radius 1 is 1.47 bits per heavy atom. The Kier molecular flexibility index (Phi) is 4.40. The molecule has 1 aliphatic heterocycles. The fraction of sp³-hybridized carbons (Fsp3) is 0.923. The molecule has 1 amide bonds. The molecule has 1 heterocycles. The monoisotopic (exact) mass is 240 g/mol. The highest BCUT2D eigenvalue weighted by atomic mass is 16.5. The first-order valence-electron chi connectivity index (χ1n) is 6.91. The van der Waals surface area contributed by atoms with E-state index in [0.717, 1.165) is 32.2 Å². The number of carbonyl (C=O) groups is 1. The summed E-state index contributed by atoms with van der Waals surface area (Å²) in [6, 6.07) is -0.0337. The maximum absolute atomic E-state index is 12.3. The minimum atomic E-state index is -0.319. The average Bonchev–Trinajstić information content (AvgIpc) is 2.37. The van der Waals surface area contributed by atoms with Gasteiger partial charge >= 0.3 is 0 Å². The minimum absolute atomic E-state index is 0.132. The molecule has 2 unspecified atom stereocenters. The van der Waals surface area contributed by atoms with Gasteiger partial charge in [0.15, 0.2) is 0 Å². The molecular weight excluding hydrogens is 216 g/mol. The summed E-state index contributed by atoms with van der Waals surface area (Å²) >= 11 is 0. The minimum Gasteiger partial charge on any atom is -0.374 e. The van der Waals surface area contributed by atoms with Gasteiger partial charge in [0.25, 0.3) is 0 Å². The molecule has 4 heteroatoms. The molecule has 0 radical (unpaired) electrons. The normalized spacial score (nSPS) is 30.8. The maximum Gasteiger partial charge on any atom is 0.239 e. The summed E-state index contributed by atoms with van der Waals surface area (Å²) < 4.78 is 5.77. The molecule has 0 aromatic rings. The molecule has 98 valence electrons. The van der Waals surface area contributed by atoms with E-state index in [2.05, 4.69) is 6.92 Å². The van der Waals surface area contributed by atoms with E-state index in [1.165, 1.54) is 12.8 Å². The van der Waals surface area contributed by atoms with E-state index in [-0.39, 0.29) is 24.1 Å².